The molecule has 0 atom stereocenters. The molecule has 0 fully saturated rings. The summed E-state index contributed by atoms with van der Waals surface area (Å²) in [5.41, 5.74) is 7.23. The average Bonchev–Trinajstić information content (AvgIpc) is 2.57. The Balaban J connectivity index is 2.46. The number of nitrogens with two attached hydrogens (primary N) is 2. The van der Waals surface area contributed by atoms with E-state index in [4.69, 9.17) is 10.9 Å². The highest BCUT2D eigenvalue weighted by atomic mass is 32.2. The molecule has 0 bridgehead atoms. The number of hydrogen-bond acceptors (Lipinski definition) is 4. The number of aromatic nitrogens is 2. The van der Waals surface area contributed by atoms with Crippen molar-refractivity contribution >= 4 is 15.8 Å². The number of primary sulfonamides is 1. The van der Waals surface area contributed by atoms with Gasteiger partial charge in [0.25, 0.3) is 0 Å². The van der Waals surface area contributed by atoms with Gasteiger partial charge in [0.2, 0.25) is 10.0 Å². The van der Waals surface area contributed by atoms with Gasteiger partial charge in [-0.05, 0) is 31.2 Å². The Hall–Kier alpha value is -1.86. The summed E-state index contributed by atoms with van der Waals surface area (Å²) < 4.78 is 23.7. The van der Waals surface area contributed by atoms with Gasteiger partial charge in [-0.3, -0.25) is 0 Å². The van der Waals surface area contributed by atoms with E-state index in [0.29, 0.717) is 11.5 Å². The molecule has 0 saturated carbocycles. The first-order chi connectivity index (χ1) is 7.88. The van der Waals surface area contributed by atoms with E-state index in [-0.39, 0.29) is 4.90 Å². The molecule has 0 aliphatic carbocycles. The van der Waals surface area contributed by atoms with Gasteiger partial charge in [0, 0.05) is 6.07 Å². The monoisotopic (exact) mass is 252 g/mol. The minimum atomic E-state index is -3.67. The summed E-state index contributed by atoms with van der Waals surface area (Å²) >= 11 is 0. The van der Waals surface area contributed by atoms with E-state index in [1.165, 1.54) is 16.8 Å². The third-order valence-corrected chi connectivity index (χ3v) is 3.20. The highest BCUT2D eigenvalue weighted by molar-refractivity contribution is 7.89. The Morgan fingerprint density at radius 2 is 1.82 bits per heavy atom. The van der Waals surface area contributed by atoms with E-state index in [1.807, 2.05) is 6.92 Å². The Bertz CT molecular complexity index is 643. The summed E-state index contributed by atoms with van der Waals surface area (Å²) in [4.78, 5) is 0.0590. The van der Waals surface area contributed by atoms with Crippen LogP contribution in [0.3, 0.4) is 0 Å². The second kappa shape index (κ2) is 3.86. The van der Waals surface area contributed by atoms with Gasteiger partial charge in [-0.15, -0.1) is 0 Å². The Kier molecular flexibility index (Phi) is 2.64. The first-order valence-electron chi connectivity index (χ1n) is 4.83. The molecular weight excluding hydrogens is 240 g/mol. The molecule has 0 radical (unpaired) electrons. The zero-order valence-corrected chi connectivity index (χ0v) is 9.98. The lowest BCUT2D eigenvalue weighted by Crippen LogP contribution is -2.12. The fourth-order valence-electron chi connectivity index (χ4n) is 1.50. The van der Waals surface area contributed by atoms with E-state index in [9.17, 15) is 8.42 Å². The van der Waals surface area contributed by atoms with Gasteiger partial charge in [-0.25, -0.2) is 18.2 Å². The normalized spacial score (nSPS) is 11.6. The van der Waals surface area contributed by atoms with E-state index in [1.54, 1.807) is 18.2 Å². The van der Waals surface area contributed by atoms with Crippen molar-refractivity contribution in [3.63, 3.8) is 0 Å². The molecular formula is C10H12N4O2S. The molecule has 0 aliphatic heterocycles. The number of anilines is 1. The standard InChI is InChI=1S/C10H12N4O2S/c1-7-6-10(11)14(13-7)8-2-4-9(5-3-8)17(12,15)16/h2-6H,11H2,1H3,(H2,12,15,16). The lowest BCUT2D eigenvalue weighted by atomic mass is 10.3. The number of sulfonamides is 1. The van der Waals surface area contributed by atoms with Gasteiger partial charge in [0.1, 0.15) is 5.82 Å². The van der Waals surface area contributed by atoms with Crippen molar-refractivity contribution in [1.29, 1.82) is 0 Å². The zero-order chi connectivity index (χ0) is 12.6. The van der Waals surface area contributed by atoms with Crippen molar-refractivity contribution in [3.8, 4) is 5.69 Å². The van der Waals surface area contributed by atoms with Crippen LogP contribution in [0.4, 0.5) is 5.82 Å². The van der Waals surface area contributed by atoms with Crippen LogP contribution in [0.25, 0.3) is 5.69 Å². The van der Waals surface area contributed by atoms with Gasteiger partial charge >= 0.3 is 0 Å². The molecule has 0 saturated heterocycles. The van der Waals surface area contributed by atoms with E-state index >= 15 is 0 Å². The third kappa shape index (κ3) is 2.29. The molecule has 7 heteroatoms. The quantitative estimate of drug-likeness (QED) is 0.807. The van der Waals surface area contributed by atoms with Crippen LogP contribution in [0.1, 0.15) is 5.69 Å². The second-order valence-corrected chi connectivity index (χ2v) is 5.22. The minimum absolute atomic E-state index is 0.0590. The van der Waals surface area contributed by atoms with Gasteiger partial charge in [0.05, 0.1) is 16.3 Å². The van der Waals surface area contributed by atoms with Crippen molar-refractivity contribution in [2.45, 2.75) is 11.8 Å². The molecule has 0 aliphatic rings. The highest BCUT2D eigenvalue weighted by Gasteiger charge is 2.09. The summed E-state index contributed by atoms with van der Waals surface area (Å²) in [6.07, 6.45) is 0. The van der Waals surface area contributed by atoms with E-state index in [0.717, 1.165) is 5.69 Å². The van der Waals surface area contributed by atoms with Crippen LogP contribution in [0.2, 0.25) is 0 Å². The predicted molar refractivity (Wildman–Crippen MR) is 64.1 cm³/mol. The topological polar surface area (TPSA) is 104 Å². The molecule has 2 aromatic rings. The largest absolute Gasteiger partial charge is 0.384 e. The third-order valence-electron chi connectivity index (χ3n) is 2.27. The smallest absolute Gasteiger partial charge is 0.238 e. The molecule has 0 spiro atoms. The first-order valence-corrected chi connectivity index (χ1v) is 6.38. The summed E-state index contributed by atoms with van der Waals surface area (Å²) in [6, 6.07) is 7.76. The van der Waals surface area contributed by atoms with Crippen LogP contribution in [-0.4, -0.2) is 18.2 Å². The van der Waals surface area contributed by atoms with Gasteiger partial charge in [0.15, 0.2) is 0 Å². The van der Waals surface area contributed by atoms with Gasteiger partial charge in [-0.1, -0.05) is 0 Å². The zero-order valence-electron chi connectivity index (χ0n) is 9.16. The molecule has 0 amide bonds. The van der Waals surface area contributed by atoms with E-state index < -0.39 is 10.0 Å². The molecule has 6 nitrogen and oxygen atoms in total. The molecule has 1 aromatic heterocycles. The highest BCUT2D eigenvalue weighted by Crippen LogP contribution is 2.16. The maximum Gasteiger partial charge on any atom is 0.238 e. The number of hydrogen-bond donors (Lipinski definition) is 2. The predicted octanol–water partition coefficient (Wildman–Crippen LogP) is 0.410. The van der Waals surface area contributed by atoms with Crippen LogP contribution in [-0.2, 0) is 10.0 Å². The van der Waals surface area contributed by atoms with Crippen molar-refractivity contribution in [2.24, 2.45) is 5.14 Å². The van der Waals surface area contributed by atoms with Crippen LogP contribution >= 0.6 is 0 Å². The number of rotatable bonds is 2. The second-order valence-electron chi connectivity index (χ2n) is 3.66. The summed E-state index contributed by atoms with van der Waals surface area (Å²) in [5.74, 6) is 0.492. The lowest BCUT2D eigenvalue weighted by molar-refractivity contribution is 0.598. The van der Waals surface area contributed by atoms with Crippen LogP contribution < -0.4 is 10.9 Å². The molecule has 90 valence electrons. The average molecular weight is 252 g/mol. The maximum absolute atomic E-state index is 11.1. The number of nitrogens with zero attached hydrogens (tertiary/aromatic N) is 2. The molecule has 1 aromatic carbocycles. The van der Waals surface area contributed by atoms with Crippen LogP contribution in [0, 0.1) is 6.92 Å². The Labute approximate surface area is 98.9 Å². The molecule has 17 heavy (non-hydrogen) atoms. The van der Waals surface area contributed by atoms with Crippen molar-refractivity contribution in [3.05, 3.63) is 36.0 Å². The van der Waals surface area contributed by atoms with Crippen LogP contribution in [0.5, 0.6) is 0 Å². The molecule has 0 unspecified atom stereocenters. The van der Waals surface area contributed by atoms with Crippen molar-refractivity contribution in [2.75, 3.05) is 5.73 Å². The van der Waals surface area contributed by atoms with Crippen LogP contribution in [0.15, 0.2) is 35.2 Å². The summed E-state index contributed by atoms with van der Waals surface area (Å²) in [5, 5.41) is 9.19. The molecule has 4 N–H and O–H groups in total. The SMILES string of the molecule is Cc1cc(N)n(-c2ccc(S(N)(=O)=O)cc2)n1. The molecule has 1 heterocycles. The van der Waals surface area contributed by atoms with Crippen molar-refractivity contribution in [1.82, 2.24) is 9.78 Å². The number of aryl methyl sites for hydroxylation is 1. The van der Waals surface area contributed by atoms with Gasteiger partial charge in [-0.2, -0.15) is 5.10 Å². The lowest BCUT2D eigenvalue weighted by Gasteiger charge is -2.04. The summed E-state index contributed by atoms with van der Waals surface area (Å²) in [6.45, 7) is 1.82. The number of nitrogen functional groups attached to an aromatic ring is 1. The summed E-state index contributed by atoms with van der Waals surface area (Å²) in [7, 11) is -3.67. The van der Waals surface area contributed by atoms with E-state index in [2.05, 4.69) is 5.10 Å². The van der Waals surface area contributed by atoms with Crippen molar-refractivity contribution < 1.29 is 8.42 Å². The molecule has 2 rings (SSSR count). The Morgan fingerprint density at radius 3 is 2.24 bits per heavy atom. The maximum atomic E-state index is 11.1. The Morgan fingerprint density at radius 1 is 1.24 bits per heavy atom. The fraction of sp³-hybridized carbons (Fsp3) is 0.100. The number of benzene rings is 1. The first kappa shape index (κ1) is 11.6. The van der Waals surface area contributed by atoms with Gasteiger partial charge < -0.3 is 5.73 Å². The minimum Gasteiger partial charge on any atom is -0.384 e. The fourth-order valence-corrected chi connectivity index (χ4v) is 2.02.